The molecule has 0 radical (unpaired) electrons. The highest BCUT2D eigenvalue weighted by molar-refractivity contribution is 5.96. The van der Waals surface area contributed by atoms with E-state index in [1.807, 2.05) is 48.5 Å². The van der Waals surface area contributed by atoms with Crippen molar-refractivity contribution in [2.24, 2.45) is 0 Å². The molecule has 0 aliphatic heterocycles. The summed E-state index contributed by atoms with van der Waals surface area (Å²) >= 11 is 0. The summed E-state index contributed by atoms with van der Waals surface area (Å²) in [4.78, 5) is 23.0. The van der Waals surface area contributed by atoms with Gasteiger partial charge in [-0.05, 0) is 37.5 Å². The van der Waals surface area contributed by atoms with Gasteiger partial charge in [0.1, 0.15) is 0 Å². The largest absolute Gasteiger partial charge is 0.356 e. The van der Waals surface area contributed by atoms with E-state index >= 15 is 0 Å². The number of benzene rings is 2. The maximum absolute atomic E-state index is 12.2. The van der Waals surface area contributed by atoms with Gasteiger partial charge in [-0.1, -0.05) is 30.3 Å². The summed E-state index contributed by atoms with van der Waals surface area (Å²) < 4.78 is 0. The molecule has 140 valence electrons. The van der Waals surface area contributed by atoms with Gasteiger partial charge in [-0.15, -0.1) is 0 Å². The number of hydrogen-bond acceptors (Lipinski definition) is 3. The Bertz CT molecular complexity index is 915. The Balaban J connectivity index is 1.50. The van der Waals surface area contributed by atoms with Crippen LogP contribution < -0.4 is 10.6 Å². The normalized spacial score (nSPS) is 10.7. The number of nitrogens with one attached hydrogen (secondary N) is 3. The molecule has 1 heterocycles. The Morgan fingerprint density at radius 1 is 0.926 bits per heavy atom. The molecule has 6 nitrogen and oxygen atoms in total. The van der Waals surface area contributed by atoms with Gasteiger partial charge in [-0.2, -0.15) is 5.10 Å². The summed E-state index contributed by atoms with van der Waals surface area (Å²) in [6.45, 7) is 2.83. The molecule has 0 aliphatic carbocycles. The molecule has 1 aromatic heterocycles. The second-order valence-corrected chi connectivity index (χ2v) is 6.49. The molecule has 0 aliphatic rings. The van der Waals surface area contributed by atoms with Crippen molar-refractivity contribution in [3.63, 3.8) is 0 Å². The Kier molecular flexibility index (Phi) is 6.20. The number of para-hydroxylation sites is 1. The van der Waals surface area contributed by atoms with Crippen LogP contribution in [0, 0.1) is 0 Å². The minimum Gasteiger partial charge on any atom is -0.356 e. The number of rotatable bonds is 8. The first kappa shape index (κ1) is 18.6. The van der Waals surface area contributed by atoms with E-state index in [-0.39, 0.29) is 11.8 Å². The SMILES string of the molecule is CC(=O)NCCCCCNC(=O)c1ccc(-c2n[nH]c3ccccc23)cc1. The number of unbranched alkanes of at least 4 members (excludes halogenated alkanes) is 2. The van der Waals surface area contributed by atoms with Crippen LogP contribution in [0.3, 0.4) is 0 Å². The Labute approximate surface area is 158 Å². The van der Waals surface area contributed by atoms with Crippen LogP contribution in [0.1, 0.15) is 36.5 Å². The summed E-state index contributed by atoms with van der Waals surface area (Å²) in [6.07, 6.45) is 2.77. The average molecular weight is 364 g/mol. The summed E-state index contributed by atoms with van der Waals surface area (Å²) in [5.41, 5.74) is 3.49. The molecule has 0 unspecified atom stereocenters. The van der Waals surface area contributed by atoms with Crippen LogP contribution in [0.4, 0.5) is 0 Å². The van der Waals surface area contributed by atoms with Crippen molar-refractivity contribution in [1.82, 2.24) is 20.8 Å². The topological polar surface area (TPSA) is 86.9 Å². The Morgan fingerprint density at radius 2 is 1.63 bits per heavy atom. The quantitative estimate of drug-likeness (QED) is 0.536. The minimum absolute atomic E-state index is 0.00501. The van der Waals surface area contributed by atoms with Crippen LogP contribution in [-0.2, 0) is 4.79 Å². The van der Waals surface area contributed by atoms with Gasteiger partial charge < -0.3 is 10.6 Å². The van der Waals surface area contributed by atoms with Crippen LogP contribution in [-0.4, -0.2) is 35.1 Å². The lowest BCUT2D eigenvalue weighted by Crippen LogP contribution is -2.25. The summed E-state index contributed by atoms with van der Waals surface area (Å²) in [6, 6.07) is 15.5. The smallest absolute Gasteiger partial charge is 0.251 e. The van der Waals surface area contributed by atoms with Crippen molar-refractivity contribution < 1.29 is 9.59 Å². The highest BCUT2D eigenvalue weighted by Crippen LogP contribution is 2.26. The highest BCUT2D eigenvalue weighted by atomic mass is 16.2. The lowest BCUT2D eigenvalue weighted by atomic mass is 10.1. The average Bonchev–Trinajstić information content (AvgIpc) is 3.11. The van der Waals surface area contributed by atoms with Gasteiger partial charge in [0.05, 0.1) is 11.2 Å². The lowest BCUT2D eigenvalue weighted by Gasteiger charge is -2.06. The molecule has 0 saturated carbocycles. The first-order chi connectivity index (χ1) is 13.1. The number of aromatic nitrogens is 2. The zero-order chi connectivity index (χ0) is 19.1. The number of aromatic amines is 1. The van der Waals surface area contributed by atoms with Gasteiger partial charge in [0.2, 0.25) is 5.91 Å². The van der Waals surface area contributed by atoms with Crippen LogP contribution >= 0.6 is 0 Å². The molecule has 0 atom stereocenters. The first-order valence-corrected chi connectivity index (χ1v) is 9.21. The number of fused-ring (bicyclic) bond motifs is 1. The summed E-state index contributed by atoms with van der Waals surface area (Å²) in [5, 5.41) is 14.2. The van der Waals surface area contributed by atoms with Crippen molar-refractivity contribution in [3.8, 4) is 11.3 Å². The van der Waals surface area contributed by atoms with Crippen LogP contribution in [0.5, 0.6) is 0 Å². The van der Waals surface area contributed by atoms with E-state index in [0.29, 0.717) is 18.7 Å². The van der Waals surface area contributed by atoms with Crippen LogP contribution in [0.15, 0.2) is 48.5 Å². The first-order valence-electron chi connectivity index (χ1n) is 9.21. The molecule has 0 fully saturated rings. The molecular formula is C21H24N4O2. The molecule has 3 N–H and O–H groups in total. The second kappa shape index (κ2) is 8.98. The van der Waals surface area contributed by atoms with Crippen LogP contribution in [0.25, 0.3) is 22.2 Å². The van der Waals surface area contributed by atoms with E-state index < -0.39 is 0 Å². The predicted molar refractivity (Wildman–Crippen MR) is 106 cm³/mol. The fraction of sp³-hybridized carbons (Fsp3) is 0.286. The molecule has 0 saturated heterocycles. The van der Waals surface area contributed by atoms with Gasteiger partial charge >= 0.3 is 0 Å². The van der Waals surface area contributed by atoms with Crippen molar-refractivity contribution >= 4 is 22.7 Å². The number of nitrogens with zero attached hydrogens (tertiary/aromatic N) is 1. The molecular weight excluding hydrogens is 340 g/mol. The van der Waals surface area contributed by atoms with E-state index in [1.54, 1.807) is 0 Å². The predicted octanol–water partition coefficient (Wildman–Crippen LogP) is 3.27. The van der Waals surface area contributed by atoms with Gasteiger partial charge in [0, 0.05) is 36.5 Å². The van der Waals surface area contributed by atoms with Crippen molar-refractivity contribution in [2.75, 3.05) is 13.1 Å². The van der Waals surface area contributed by atoms with Crippen molar-refractivity contribution in [1.29, 1.82) is 0 Å². The Hall–Kier alpha value is -3.15. The number of carbonyl (C=O) groups is 2. The minimum atomic E-state index is -0.0738. The monoisotopic (exact) mass is 364 g/mol. The third-order valence-corrected chi connectivity index (χ3v) is 4.40. The van der Waals surface area contributed by atoms with Crippen LogP contribution in [0.2, 0.25) is 0 Å². The summed E-state index contributed by atoms with van der Waals surface area (Å²) in [7, 11) is 0. The summed E-state index contributed by atoms with van der Waals surface area (Å²) in [5.74, 6) is -0.0788. The van der Waals surface area contributed by atoms with E-state index in [9.17, 15) is 9.59 Å². The van der Waals surface area contributed by atoms with Gasteiger partial charge in [0.25, 0.3) is 5.91 Å². The molecule has 3 rings (SSSR count). The maximum atomic E-state index is 12.2. The highest BCUT2D eigenvalue weighted by Gasteiger charge is 2.09. The Morgan fingerprint density at radius 3 is 2.37 bits per heavy atom. The third-order valence-electron chi connectivity index (χ3n) is 4.40. The number of H-pyrrole nitrogens is 1. The standard InChI is InChI=1S/C21H24N4O2/c1-15(26)22-13-5-2-6-14-23-21(27)17-11-9-16(10-12-17)20-18-7-3-4-8-19(18)24-25-20/h3-4,7-12H,2,5-6,13-14H2,1H3,(H,22,26)(H,23,27)(H,24,25). The fourth-order valence-electron chi connectivity index (χ4n) is 2.96. The maximum Gasteiger partial charge on any atom is 0.251 e. The lowest BCUT2D eigenvalue weighted by molar-refractivity contribution is -0.118. The van der Waals surface area contributed by atoms with E-state index in [0.717, 1.165) is 41.4 Å². The number of amides is 2. The van der Waals surface area contributed by atoms with Crippen molar-refractivity contribution in [2.45, 2.75) is 26.2 Å². The molecule has 0 bridgehead atoms. The van der Waals surface area contributed by atoms with E-state index in [4.69, 9.17) is 0 Å². The van der Waals surface area contributed by atoms with Gasteiger partial charge in [-0.25, -0.2) is 0 Å². The molecule has 6 heteroatoms. The molecule has 3 aromatic rings. The van der Waals surface area contributed by atoms with Gasteiger partial charge in [0.15, 0.2) is 0 Å². The molecule has 0 spiro atoms. The molecule has 2 aromatic carbocycles. The third kappa shape index (κ3) is 4.94. The molecule has 27 heavy (non-hydrogen) atoms. The number of carbonyl (C=O) groups excluding carboxylic acids is 2. The molecule has 2 amide bonds. The second-order valence-electron chi connectivity index (χ2n) is 6.49. The van der Waals surface area contributed by atoms with Crippen molar-refractivity contribution in [3.05, 3.63) is 54.1 Å². The zero-order valence-electron chi connectivity index (χ0n) is 15.4. The van der Waals surface area contributed by atoms with Gasteiger partial charge in [-0.3, -0.25) is 14.7 Å². The zero-order valence-corrected chi connectivity index (χ0v) is 15.4. The van der Waals surface area contributed by atoms with E-state index in [2.05, 4.69) is 20.8 Å². The fourth-order valence-corrected chi connectivity index (χ4v) is 2.96. The van der Waals surface area contributed by atoms with E-state index in [1.165, 1.54) is 6.92 Å². The number of hydrogen-bond donors (Lipinski definition) is 3.